The summed E-state index contributed by atoms with van der Waals surface area (Å²) in [4.78, 5) is 17.7. The van der Waals surface area contributed by atoms with Gasteiger partial charge in [-0.15, -0.1) is 0 Å². The molecule has 0 aliphatic heterocycles. The van der Waals surface area contributed by atoms with Gasteiger partial charge in [-0.1, -0.05) is 6.07 Å². The van der Waals surface area contributed by atoms with Crippen LogP contribution in [-0.2, 0) is 11.3 Å². The molecule has 1 aromatic heterocycles. The number of pyridine rings is 1. The molecule has 1 heterocycles. The summed E-state index contributed by atoms with van der Waals surface area (Å²) in [7, 11) is 0. The van der Waals surface area contributed by atoms with Crippen molar-refractivity contribution in [1.29, 1.82) is 0 Å². The monoisotopic (exact) mass is 235 g/mol. The molecular weight excluding hydrogens is 214 g/mol. The molecule has 0 fully saturated rings. The van der Waals surface area contributed by atoms with E-state index in [2.05, 4.69) is 10.3 Å². The maximum Gasteiger partial charge on any atom is 0.223 e. The van der Waals surface area contributed by atoms with Crippen molar-refractivity contribution in [2.45, 2.75) is 26.8 Å². The van der Waals surface area contributed by atoms with E-state index in [0.717, 1.165) is 18.8 Å². The van der Waals surface area contributed by atoms with Gasteiger partial charge >= 0.3 is 0 Å². The molecule has 0 atom stereocenters. The predicted octanol–water partition coefficient (Wildman–Crippen LogP) is 1.43. The molecule has 0 unspecified atom stereocenters. The first kappa shape index (κ1) is 13.6. The van der Waals surface area contributed by atoms with Gasteiger partial charge in [-0.3, -0.25) is 9.78 Å². The Morgan fingerprint density at radius 2 is 2.12 bits per heavy atom. The maximum absolute atomic E-state index is 11.7. The summed E-state index contributed by atoms with van der Waals surface area (Å²) in [6.45, 7) is 6.99. The summed E-state index contributed by atoms with van der Waals surface area (Å²) >= 11 is 0. The van der Waals surface area contributed by atoms with Crippen LogP contribution in [0.4, 0.5) is 0 Å². The third kappa shape index (κ3) is 4.95. The molecule has 4 nitrogen and oxygen atoms in total. The van der Waals surface area contributed by atoms with Gasteiger partial charge < -0.3 is 10.2 Å². The van der Waals surface area contributed by atoms with Gasteiger partial charge in [0.05, 0.1) is 5.69 Å². The lowest BCUT2D eigenvalue weighted by molar-refractivity contribution is -0.130. The number of nitrogens with one attached hydrogen (secondary N) is 1. The largest absolute Gasteiger partial charge is 0.343 e. The van der Waals surface area contributed by atoms with Crippen molar-refractivity contribution in [2.24, 2.45) is 0 Å². The Hall–Kier alpha value is -1.42. The number of amides is 1. The third-order valence-electron chi connectivity index (χ3n) is 2.66. The highest BCUT2D eigenvalue weighted by atomic mass is 16.2. The fraction of sp³-hybridized carbons (Fsp3) is 0.538. The fourth-order valence-corrected chi connectivity index (χ4v) is 1.65. The molecule has 4 heteroatoms. The van der Waals surface area contributed by atoms with Crippen LogP contribution < -0.4 is 5.32 Å². The lowest BCUT2D eigenvalue weighted by Gasteiger charge is -2.18. The second kappa shape index (κ2) is 7.79. The van der Waals surface area contributed by atoms with E-state index in [9.17, 15) is 4.79 Å². The summed E-state index contributed by atoms with van der Waals surface area (Å²) in [6, 6.07) is 5.83. The minimum atomic E-state index is 0.212. The number of aromatic nitrogens is 1. The molecule has 0 aromatic carbocycles. The Morgan fingerprint density at radius 3 is 2.71 bits per heavy atom. The Bertz CT molecular complexity index is 323. The van der Waals surface area contributed by atoms with Crippen LogP contribution in [0.3, 0.4) is 0 Å². The molecule has 0 saturated heterocycles. The molecular formula is C13H21N3O. The molecule has 1 rings (SSSR count). The first-order chi connectivity index (χ1) is 8.27. The van der Waals surface area contributed by atoms with Crippen molar-refractivity contribution in [1.82, 2.24) is 15.2 Å². The van der Waals surface area contributed by atoms with Crippen LogP contribution in [0.2, 0.25) is 0 Å². The highest BCUT2D eigenvalue weighted by molar-refractivity contribution is 5.76. The van der Waals surface area contributed by atoms with Gasteiger partial charge in [-0.2, -0.15) is 0 Å². The van der Waals surface area contributed by atoms with Gasteiger partial charge in [0, 0.05) is 38.8 Å². The lowest BCUT2D eigenvalue weighted by Crippen LogP contribution is -2.32. The average molecular weight is 235 g/mol. The van der Waals surface area contributed by atoms with E-state index in [1.165, 1.54) is 0 Å². The zero-order chi connectivity index (χ0) is 12.5. The predicted molar refractivity (Wildman–Crippen MR) is 68.5 cm³/mol. The van der Waals surface area contributed by atoms with Crippen LogP contribution >= 0.6 is 0 Å². The van der Waals surface area contributed by atoms with Crippen molar-refractivity contribution >= 4 is 5.91 Å². The molecule has 0 radical (unpaired) electrons. The van der Waals surface area contributed by atoms with Gasteiger partial charge in [0.1, 0.15) is 0 Å². The summed E-state index contributed by atoms with van der Waals surface area (Å²) in [5, 5.41) is 3.23. The minimum Gasteiger partial charge on any atom is -0.343 e. The van der Waals surface area contributed by atoms with E-state index < -0.39 is 0 Å². The normalized spacial score (nSPS) is 10.2. The van der Waals surface area contributed by atoms with E-state index in [1.807, 2.05) is 36.9 Å². The zero-order valence-electron chi connectivity index (χ0n) is 10.6. The molecule has 1 N–H and O–H groups in total. The Kier molecular flexibility index (Phi) is 6.25. The van der Waals surface area contributed by atoms with Crippen LogP contribution in [0.15, 0.2) is 24.4 Å². The maximum atomic E-state index is 11.7. The van der Waals surface area contributed by atoms with Crippen LogP contribution in [0, 0.1) is 0 Å². The molecule has 0 aliphatic rings. The molecule has 0 saturated carbocycles. The van der Waals surface area contributed by atoms with Gasteiger partial charge in [0.25, 0.3) is 0 Å². The van der Waals surface area contributed by atoms with Crippen molar-refractivity contribution in [3.63, 3.8) is 0 Å². The van der Waals surface area contributed by atoms with Crippen molar-refractivity contribution in [3.8, 4) is 0 Å². The summed E-state index contributed by atoms with van der Waals surface area (Å²) in [5.41, 5.74) is 1.00. The zero-order valence-corrected chi connectivity index (χ0v) is 10.6. The lowest BCUT2D eigenvalue weighted by atomic mass is 10.3. The van der Waals surface area contributed by atoms with E-state index in [0.29, 0.717) is 19.5 Å². The molecule has 94 valence electrons. The third-order valence-corrected chi connectivity index (χ3v) is 2.66. The van der Waals surface area contributed by atoms with Gasteiger partial charge in [0.15, 0.2) is 0 Å². The van der Waals surface area contributed by atoms with Crippen LogP contribution in [-0.4, -0.2) is 35.4 Å². The number of rotatable bonds is 7. The SMILES string of the molecule is CCN(CC)C(=O)CCNCc1ccccn1. The number of hydrogen-bond acceptors (Lipinski definition) is 3. The Balaban J connectivity index is 2.18. The summed E-state index contributed by atoms with van der Waals surface area (Å²) in [5.74, 6) is 0.212. The number of hydrogen-bond donors (Lipinski definition) is 1. The number of nitrogens with zero attached hydrogens (tertiary/aromatic N) is 2. The van der Waals surface area contributed by atoms with E-state index >= 15 is 0 Å². The molecule has 0 bridgehead atoms. The minimum absolute atomic E-state index is 0.212. The first-order valence-corrected chi connectivity index (χ1v) is 6.16. The van der Waals surface area contributed by atoms with Crippen molar-refractivity contribution < 1.29 is 4.79 Å². The quantitative estimate of drug-likeness (QED) is 0.727. The second-order valence-corrected chi connectivity index (χ2v) is 3.81. The summed E-state index contributed by atoms with van der Waals surface area (Å²) < 4.78 is 0. The van der Waals surface area contributed by atoms with Crippen LogP contribution in [0.1, 0.15) is 26.0 Å². The standard InChI is InChI=1S/C13H21N3O/c1-3-16(4-2)13(17)8-10-14-11-12-7-5-6-9-15-12/h5-7,9,14H,3-4,8,10-11H2,1-2H3. The highest BCUT2D eigenvalue weighted by Crippen LogP contribution is 1.95. The molecule has 0 spiro atoms. The van der Waals surface area contributed by atoms with Gasteiger partial charge in [0.2, 0.25) is 5.91 Å². The van der Waals surface area contributed by atoms with Gasteiger partial charge in [-0.25, -0.2) is 0 Å². The van der Waals surface area contributed by atoms with Crippen molar-refractivity contribution in [2.75, 3.05) is 19.6 Å². The Morgan fingerprint density at radius 1 is 1.35 bits per heavy atom. The Labute approximate surface area is 103 Å². The number of carbonyl (C=O) groups is 1. The smallest absolute Gasteiger partial charge is 0.223 e. The van der Waals surface area contributed by atoms with E-state index in [4.69, 9.17) is 0 Å². The van der Waals surface area contributed by atoms with Crippen molar-refractivity contribution in [3.05, 3.63) is 30.1 Å². The number of carbonyl (C=O) groups excluding carboxylic acids is 1. The summed E-state index contributed by atoms with van der Waals surface area (Å²) in [6.07, 6.45) is 2.33. The van der Waals surface area contributed by atoms with Crippen LogP contribution in [0.25, 0.3) is 0 Å². The van der Waals surface area contributed by atoms with E-state index in [1.54, 1.807) is 6.20 Å². The molecule has 17 heavy (non-hydrogen) atoms. The molecule has 0 aliphatic carbocycles. The molecule has 1 amide bonds. The second-order valence-electron chi connectivity index (χ2n) is 3.81. The van der Waals surface area contributed by atoms with Crippen LogP contribution in [0.5, 0.6) is 0 Å². The fourth-order valence-electron chi connectivity index (χ4n) is 1.65. The highest BCUT2D eigenvalue weighted by Gasteiger charge is 2.07. The average Bonchev–Trinajstić information content (AvgIpc) is 2.37. The first-order valence-electron chi connectivity index (χ1n) is 6.16. The van der Waals surface area contributed by atoms with Gasteiger partial charge in [-0.05, 0) is 26.0 Å². The van der Waals surface area contributed by atoms with E-state index in [-0.39, 0.29) is 5.91 Å². The molecule has 1 aromatic rings. The topological polar surface area (TPSA) is 45.2 Å².